The molecule has 1 saturated heterocycles. The smallest absolute Gasteiger partial charge is 0.407 e. The number of nitrogens with one attached hydrogen (secondary N) is 2. The van der Waals surface area contributed by atoms with Crippen LogP contribution in [0.5, 0.6) is 0 Å². The summed E-state index contributed by atoms with van der Waals surface area (Å²) in [4.78, 5) is 22.8. The van der Waals surface area contributed by atoms with Gasteiger partial charge in [-0.3, -0.25) is 0 Å². The van der Waals surface area contributed by atoms with Gasteiger partial charge in [-0.25, -0.2) is 14.8 Å². The van der Waals surface area contributed by atoms with Crippen molar-refractivity contribution in [2.24, 2.45) is 5.92 Å². The van der Waals surface area contributed by atoms with Crippen LogP contribution in [0.2, 0.25) is 0 Å². The van der Waals surface area contributed by atoms with Gasteiger partial charge in [-0.1, -0.05) is 0 Å². The van der Waals surface area contributed by atoms with E-state index >= 15 is 0 Å². The minimum Gasteiger partial charge on any atom is -0.444 e. The highest BCUT2D eigenvalue weighted by Crippen LogP contribution is 2.26. The Bertz CT molecular complexity index is 628. The van der Waals surface area contributed by atoms with Crippen LogP contribution in [-0.4, -0.2) is 60.6 Å². The summed E-state index contributed by atoms with van der Waals surface area (Å²) in [5.41, 5.74) is -0.463. The maximum Gasteiger partial charge on any atom is 0.407 e. The second-order valence-corrected chi connectivity index (χ2v) is 8.26. The molecule has 8 heteroatoms. The van der Waals surface area contributed by atoms with Gasteiger partial charge < -0.3 is 25.0 Å². The van der Waals surface area contributed by atoms with E-state index < -0.39 is 5.60 Å². The molecule has 2 atom stereocenters. The Morgan fingerprint density at radius 3 is 2.81 bits per heavy atom. The van der Waals surface area contributed by atoms with Crippen LogP contribution in [0.4, 0.5) is 16.4 Å². The highest BCUT2D eigenvalue weighted by Gasteiger charge is 2.27. The third kappa shape index (κ3) is 6.23. The highest BCUT2D eigenvalue weighted by molar-refractivity contribution is 5.68. The third-order valence-corrected chi connectivity index (χ3v) is 4.82. The lowest BCUT2D eigenvalue weighted by molar-refractivity contribution is 0.0504. The van der Waals surface area contributed by atoms with Gasteiger partial charge in [-0.05, 0) is 46.0 Å². The minimum absolute atomic E-state index is 0.181. The van der Waals surface area contributed by atoms with E-state index in [4.69, 9.17) is 9.47 Å². The van der Waals surface area contributed by atoms with Crippen LogP contribution in [0, 0.1) is 5.92 Å². The zero-order valence-corrected chi connectivity index (χ0v) is 16.5. The minimum atomic E-state index is -0.463. The number of carbonyl (C=O) groups is 1. The molecule has 1 aromatic rings. The highest BCUT2D eigenvalue weighted by atomic mass is 16.6. The number of rotatable bonds is 5. The Labute approximate surface area is 161 Å². The van der Waals surface area contributed by atoms with Crippen LogP contribution in [0.1, 0.15) is 40.0 Å². The first kappa shape index (κ1) is 19.7. The average Bonchev–Trinajstić information content (AvgIpc) is 3.06. The van der Waals surface area contributed by atoms with Crippen molar-refractivity contribution in [3.63, 3.8) is 0 Å². The fraction of sp³-hybridized carbons (Fsp3) is 0.737. The molecule has 2 N–H and O–H groups in total. The fourth-order valence-electron chi connectivity index (χ4n) is 3.52. The molecule has 8 nitrogen and oxygen atoms in total. The number of hydrogen-bond donors (Lipinski definition) is 2. The monoisotopic (exact) mass is 377 g/mol. The molecule has 2 fully saturated rings. The fourth-order valence-corrected chi connectivity index (χ4v) is 3.52. The Morgan fingerprint density at radius 1 is 1.30 bits per heavy atom. The summed E-state index contributed by atoms with van der Waals surface area (Å²) in [6, 6.07) is 2.18. The van der Waals surface area contributed by atoms with E-state index in [1.807, 2.05) is 26.8 Å². The summed E-state index contributed by atoms with van der Waals surface area (Å²) >= 11 is 0. The molecule has 2 unspecified atom stereocenters. The predicted molar refractivity (Wildman–Crippen MR) is 104 cm³/mol. The van der Waals surface area contributed by atoms with E-state index in [9.17, 15) is 4.79 Å². The van der Waals surface area contributed by atoms with Gasteiger partial charge in [0.05, 0.1) is 13.2 Å². The molecule has 0 bridgehead atoms. The molecule has 1 aromatic heterocycles. The summed E-state index contributed by atoms with van der Waals surface area (Å²) in [7, 11) is 0. The van der Waals surface area contributed by atoms with Gasteiger partial charge in [0.2, 0.25) is 0 Å². The molecule has 27 heavy (non-hydrogen) atoms. The summed E-state index contributed by atoms with van der Waals surface area (Å²) in [5.74, 6) is 2.29. The van der Waals surface area contributed by atoms with Crippen molar-refractivity contribution in [2.75, 3.05) is 43.1 Å². The number of ether oxygens (including phenoxy) is 2. The van der Waals surface area contributed by atoms with E-state index in [1.54, 1.807) is 6.33 Å². The quantitative estimate of drug-likeness (QED) is 0.814. The van der Waals surface area contributed by atoms with Crippen LogP contribution in [-0.2, 0) is 9.47 Å². The predicted octanol–water partition coefficient (Wildman–Crippen LogP) is 2.42. The molecule has 0 aromatic carbocycles. The summed E-state index contributed by atoms with van der Waals surface area (Å²) < 4.78 is 10.7. The maximum absolute atomic E-state index is 11.9. The Hall–Kier alpha value is -2.09. The molecule has 1 aliphatic carbocycles. The van der Waals surface area contributed by atoms with Crippen molar-refractivity contribution in [1.29, 1.82) is 0 Å². The van der Waals surface area contributed by atoms with Crippen molar-refractivity contribution >= 4 is 17.7 Å². The number of carbonyl (C=O) groups excluding carboxylic acids is 1. The largest absolute Gasteiger partial charge is 0.444 e. The van der Waals surface area contributed by atoms with E-state index in [0.717, 1.165) is 63.7 Å². The molecule has 0 spiro atoms. The number of morpholine rings is 1. The molecule has 150 valence electrons. The van der Waals surface area contributed by atoms with Crippen LogP contribution >= 0.6 is 0 Å². The molecule has 0 radical (unpaired) electrons. The van der Waals surface area contributed by atoms with E-state index in [1.165, 1.54) is 0 Å². The Kier molecular flexibility index (Phi) is 6.36. The zero-order chi connectivity index (χ0) is 19.3. The number of aromatic nitrogens is 2. The van der Waals surface area contributed by atoms with Gasteiger partial charge in [0.1, 0.15) is 23.6 Å². The van der Waals surface area contributed by atoms with Crippen LogP contribution in [0.25, 0.3) is 0 Å². The number of alkyl carbamates (subject to hydrolysis) is 1. The zero-order valence-electron chi connectivity index (χ0n) is 16.5. The van der Waals surface area contributed by atoms with Crippen LogP contribution in [0.3, 0.4) is 0 Å². The second-order valence-electron chi connectivity index (χ2n) is 8.26. The standard InChI is InChI=1S/C19H31N5O3/c1-19(2,3)27-18(25)23-15-5-4-14(10-15)12-20-16-11-17(22-13-21-16)24-6-8-26-9-7-24/h11,13-15H,4-10,12H2,1-3H3,(H,23,25)(H,20,21,22). The molecule has 3 rings (SSSR count). The van der Waals surface area contributed by atoms with Crippen molar-refractivity contribution in [3.8, 4) is 0 Å². The van der Waals surface area contributed by atoms with Crippen molar-refractivity contribution in [1.82, 2.24) is 15.3 Å². The number of nitrogens with zero attached hydrogens (tertiary/aromatic N) is 3. The summed E-state index contributed by atoms with van der Waals surface area (Å²) in [6.45, 7) is 9.66. The molecule has 1 amide bonds. The normalized spacial score (nSPS) is 23.1. The molecular weight excluding hydrogens is 346 g/mol. The first-order chi connectivity index (χ1) is 12.9. The van der Waals surface area contributed by atoms with Gasteiger partial charge in [0.25, 0.3) is 0 Å². The lowest BCUT2D eigenvalue weighted by Crippen LogP contribution is -2.38. The van der Waals surface area contributed by atoms with Gasteiger partial charge >= 0.3 is 6.09 Å². The molecule has 2 heterocycles. The van der Waals surface area contributed by atoms with Gasteiger partial charge in [0, 0.05) is 31.7 Å². The van der Waals surface area contributed by atoms with Crippen LogP contribution < -0.4 is 15.5 Å². The Balaban J connectivity index is 1.44. The van der Waals surface area contributed by atoms with Crippen LogP contribution in [0.15, 0.2) is 12.4 Å². The van der Waals surface area contributed by atoms with Gasteiger partial charge in [-0.2, -0.15) is 0 Å². The lowest BCUT2D eigenvalue weighted by Gasteiger charge is -2.27. The number of hydrogen-bond acceptors (Lipinski definition) is 7. The first-order valence-corrected chi connectivity index (χ1v) is 9.77. The van der Waals surface area contributed by atoms with E-state index in [2.05, 4.69) is 25.5 Å². The van der Waals surface area contributed by atoms with Gasteiger partial charge in [-0.15, -0.1) is 0 Å². The SMILES string of the molecule is CC(C)(C)OC(=O)NC1CCC(CNc2cc(N3CCOCC3)ncn2)C1. The molecular formula is C19H31N5O3. The topological polar surface area (TPSA) is 88.6 Å². The van der Waals surface area contributed by atoms with Crippen molar-refractivity contribution in [3.05, 3.63) is 12.4 Å². The maximum atomic E-state index is 11.9. The third-order valence-electron chi connectivity index (χ3n) is 4.82. The van der Waals surface area contributed by atoms with E-state index in [-0.39, 0.29) is 12.1 Å². The second kappa shape index (κ2) is 8.73. The summed E-state index contributed by atoms with van der Waals surface area (Å²) in [6.07, 6.45) is 4.29. The Morgan fingerprint density at radius 2 is 2.07 bits per heavy atom. The summed E-state index contributed by atoms with van der Waals surface area (Å²) in [5, 5.41) is 6.41. The van der Waals surface area contributed by atoms with E-state index in [0.29, 0.717) is 5.92 Å². The lowest BCUT2D eigenvalue weighted by atomic mass is 10.1. The number of amides is 1. The molecule has 2 aliphatic rings. The molecule has 1 saturated carbocycles. The number of anilines is 2. The average molecular weight is 377 g/mol. The first-order valence-electron chi connectivity index (χ1n) is 9.77. The van der Waals surface area contributed by atoms with Crippen molar-refractivity contribution < 1.29 is 14.3 Å². The molecule has 1 aliphatic heterocycles. The van der Waals surface area contributed by atoms with Crippen molar-refractivity contribution in [2.45, 2.75) is 51.7 Å². The van der Waals surface area contributed by atoms with Gasteiger partial charge in [0.15, 0.2) is 0 Å².